The molecule has 90 valence electrons. The Morgan fingerprint density at radius 3 is 2.76 bits per heavy atom. The summed E-state index contributed by atoms with van der Waals surface area (Å²) < 4.78 is 12.9. The maximum absolute atomic E-state index is 5.54. The van der Waals surface area contributed by atoms with Gasteiger partial charge in [0.25, 0.3) is 0 Å². The van der Waals surface area contributed by atoms with Crippen LogP contribution in [0.15, 0.2) is 30.6 Å². The number of hydrogen-bond donors (Lipinski definition) is 0. The monoisotopic (exact) mass is 232 g/mol. The Morgan fingerprint density at radius 2 is 2.18 bits per heavy atom. The molecule has 0 atom stereocenters. The summed E-state index contributed by atoms with van der Waals surface area (Å²) in [6.45, 7) is 2.56. The van der Waals surface area contributed by atoms with Gasteiger partial charge in [0, 0.05) is 19.4 Å². The van der Waals surface area contributed by atoms with E-state index in [0.717, 1.165) is 22.9 Å². The lowest BCUT2D eigenvalue weighted by molar-refractivity contribution is 0.311. The molecular weight excluding hydrogens is 216 g/mol. The zero-order chi connectivity index (χ0) is 12.3. The number of rotatable bonds is 4. The van der Waals surface area contributed by atoms with Crippen molar-refractivity contribution in [1.82, 2.24) is 9.55 Å². The van der Waals surface area contributed by atoms with Crippen molar-refractivity contribution in [2.75, 3.05) is 13.7 Å². The predicted molar refractivity (Wildman–Crippen MR) is 66.4 cm³/mol. The van der Waals surface area contributed by atoms with Crippen molar-refractivity contribution in [2.45, 2.75) is 6.92 Å². The number of benzene rings is 1. The van der Waals surface area contributed by atoms with Gasteiger partial charge in [0.1, 0.15) is 5.82 Å². The molecule has 0 spiro atoms. The van der Waals surface area contributed by atoms with Gasteiger partial charge >= 0.3 is 0 Å². The summed E-state index contributed by atoms with van der Waals surface area (Å²) in [7, 11) is 3.60. The highest BCUT2D eigenvalue weighted by Crippen LogP contribution is 2.36. The molecule has 0 aliphatic rings. The molecule has 0 saturated carbocycles. The second-order valence-corrected chi connectivity index (χ2v) is 3.63. The van der Waals surface area contributed by atoms with E-state index < -0.39 is 0 Å². The number of hydrogen-bond acceptors (Lipinski definition) is 3. The first-order valence-corrected chi connectivity index (χ1v) is 5.55. The number of para-hydroxylation sites is 1. The van der Waals surface area contributed by atoms with Crippen molar-refractivity contribution < 1.29 is 9.47 Å². The van der Waals surface area contributed by atoms with Crippen LogP contribution in [0.4, 0.5) is 0 Å². The van der Waals surface area contributed by atoms with Crippen molar-refractivity contribution in [3.8, 4) is 22.9 Å². The van der Waals surface area contributed by atoms with Crippen LogP contribution in [0.2, 0.25) is 0 Å². The molecule has 4 heteroatoms. The van der Waals surface area contributed by atoms with E-state index in [1.54, 1.807) is 13.3 Å². The molecule has 0 amide bonds. The summed E-state index contributed by atoms with van der Waals surface area (Å²) in [6.07, 6.45) is 3.67. The summed E-state index contributed by atoms with van der Waals surface area (Å²) in [5, 5.41) is 0. The van der Waals surface area contributed by atoms with E-state index in [1.807, 2.05) is 42.9 Å². The second-order valence-electron chi connectivity index (χ2n) is 3.63. The molecule has 2 rings (SSSR count). The van der Waals surface area contributed by atoms with E-state index in [1.165, 1.54) is 0 Å². The molecule has 4 nitrogen and oxygen atoms in total. The Hall–Kier alpha value is -1.97. The van der Waals surface area contributed by atoms with Gasteiger partial charge in [-0.15, -0.1) is 0 Å². The molecule has 1 heterocycles. The Bertz CT molecular complexity index is 506. The standard InChI is InChI=1S/C13H16N2O2/c1-4-17-11-7-5-6-10(12(11)16-3)13-14-8-9-15(13)2/h5-9H,4H2,1-3H3. The minimum absolute atomic E-state index is 0.611. The molecular formula is C13H16N2O2. The topological polar surface area (TPSA) is 36.3 Å². The zero-order valence-corrected chi connectivity index (χ0v) is 10.3. The number of ether oxygens (including phenoxy) is 2. The van der Waals surface area contributed by atoms with Crippen LogP contribution < -0.4 is 9.47 Å². The maximum Gasteiger partial charge on any atom is 0.171 e. The summed E-state index contributed by atoms with van der Waals surface area (Å²) in [5.41, 5.74) is 0.936. The van der Waals surface area contributed by atoms with Crippen LogP contribution in [0.1, 0.15) is 6.92 Å². The van der Waals surface area contributed by atoms with Crippen LogP contribution in [0.3, 0.4) is 0 Å². The van der Waals surface area contributed by atoms with Gasteiger partial charge in [-0.3, -0.25) is 0 Å². The number of methoxy groups -OCH3 is 1. The first kappa shape index (κ1) is 11.5. The van der Waals surface area contributed by atoms with Crippen molar-refractivity contribution in [3.05, 3.63) is 30.6 Å². The van der Waals surface area contributed by atoms with Gasteiger partial charge in [-0.05, 0) is 19.1 Å². The fourth-order valence-electron chi connectivity index (χ4n) is 1.80. The number of aryl methyl sites for hydroxylation is 1. The maximum atomic E-state index is 5.54. The Labute approximate surface area is 101 Å². The Morgan fingerprint density at radius 1 is 1.35 bits per heavy atom. The number of nitrogens with zero attached hydrogens (tertiary/aromatic N) is 2. The first-order chi connectivity index (χ1) is 8.27. The highest BCUT2D eigenvalue weighted by atomic mass is 16.5. The first-order valence-electron chi connectivity index (χ1n) is 5.55. The van der Waals surface area contributed by atoms with Crippen LogP contribution >= 0.6 is 0 Å². The fourth-order valence-corrected chi connectivity index (χ4v) is 1.80. The normalized spacial score (nSPS) is 10.3. The molecule has 0 bridgehead atoms. The molecule has 1 aromatic carbocycles. The third-order valence-electron chi connectivity index (χ3n) is 2.54. The lowest BCUT2D eigenvalue weighted by Crippen LogP contribution is -1.99. The van der Waals surface area contributed by atoms with Crippen LogP contribution in [0.25, 0.3) is 11.4 Å². The average Bonchev–Trinajstić information content (AvgIpc) is 2.75. The lowest BCUT2D eigenvalue weighted by atomic mass is 10.1. The van der Waals surface area contributed by atoms with Gasteiger partial charge in [-0.2, -0.15) is 0 Å². The highest BCUT2D eigenvalue weighted by Gasteiger charge is 2.14. The van der Waals surface area contributed by atoms with E-state index in [0.29, 0.717) is 6.61 Å². The summed E-state index contributed by atoms with van der Waals surface area (Å²) in [5.74, 6) is 2.34. The minimum atomic E-state index is 0.611. The van der Waals surface area contributed by atoms with Gasteiger partial charge in [-0.25, -0.2) is 4.98 Å². The quantitative estimate of drug-likeness (QED) is 0.812. The third kappa shape index (κ3) is 2.11. The fraction of sp³-hybridized carbons (Fsp3) is 0.308. The molecule has 2 aromatic rings. The van der Waals surface area contributed by atoms with Gasteiger partial charge in [0.2, 0.25) is 0 Å². The van der Waals surface area contributed by atoms with Crippen molar-refractivity contribution >= 4 is 0 Å². The van der Waals surface area contributed by atoms with Crippen LogP contribution in [0, 0.1) is 0 Å². The van der Waals surface area contributed by atoms with Gasteiger partial charge in [0.15, 0.2) is 11.5 Å². The van der Waals surface area contributed by atoms with Crippen molar-refractivity contribution in [2.24, 2.45) is 7.05 Å². The van der Waals surface area contributed by atoms with E-state index >= 15 is 0 Å². The van der Waals surface area contributed by atoms with E-state index in [-0.39, 0.29) is 0 Å². The number of imidazole rings is 1. The molecule has 17 heavy (non-hydrogen) atoms. The van der Waals surface area contributed by atoms with Gasteiger partial charge < -0.3 is 14.0 Å². The highest BCUT2D eigenvalue weighted by molar-refractivity contribution is 5.69. The SMILES string of the molecule is CCOc1cccc(-c2nccn2C)c1OC. The average molecular weight is 232 g/mol. The van der Waals surface area contributed by atoms with E-state index in [4.69, 9.17) is 9.47 Å². The lowest BCUT2D eigenvalue weighted by Gasteiger charge is -2.13. The Kier molecular flexibility index (Phi) is 3.32. The summed E-state index contributed by atoms with van der Waals surface area (Å²) in [4.78, 5) is 4.32. The minimum Gasteiger partial charge on any atom is -0.492 e. The molecule has 1 aromatic heterocycles. The smallest absolute Gasteiger partial charge is 0.171 e. The van der Waals surface area contributed by atoms with E-state index in [9.17, 15) is 0 Å². The molecule has 0 fully saturated rings. The van der Waals surface area contributed by atoms with Crippen LogP contribution in [-0.4, -0.2) is 23.3 Å². The zero-order valence-electron chi connectivity index (χ0n) is 10.3. The molecule has 0 N–H and O–H groups in total. The van der Waals surface area contributed by atoms with Gasteiger partial charge in [0.05, 0.1) is 19.3 Å². The second kappa shape index (κ2) is 4.91. The van der Waals surface area contributed by atoms with Crippen molar-refractivity contribution in [1.29, 1.82) is 0 Å². The Balaban J connectivity index is 2.54. The van der Waals surface area contributed by atoms with Crippen LogP contribution in [0.5, 0.6) is 11.5 Å². The number of aromatic nitrogens is 2. The van der Waals surface area contributed by atoms with E-state index in [2.05, 4.69) is 4.98 Å². The summed E-state index contributed by atoms with van der Waals surface area (Å²) >= 11 is 0. The van der Waals surface area contributed by atoms with Crippen molar-refractivity contribution in [3.63, 3.8) is 0 Å². The molecule has 0 aliphatic heterocycles. The molecule has 0 saturated heterocycles. The molecule has 0 unspecified atom stereocenters. The molecule has 0 radical (unpaired) electrons. The van der Waals surface area contributed by atoms with Gasteiger partial charge in [-0.1, -0.05) is 6.07 Å². The molecule has 0 aliphatic carbocycles. The summed E-state index contributed by atoms with van der Waals surface area (Å²) in [6, 6.07) is 5.82. The largest absolute Gasteiger partial charge is 0.492 e. The van der Waals surface area contributed by atoms with Crippen LogP contribution in [-0.2, 0) is 7.05 Å². The third-order valence-corrected chi connectivity index (χ3v) is 2.54. The predicted octanol–water partition coefficient (Wildman–Crippen LogP) is 2.49.